The average Bonchev–Trinajstić information content (AvgIpc) is 2.92. The highest BCUT2D eigenvalue weighted by Gasteiger charge is 2.28. The van der Waals surface area contributed by atoms with Gasteiger partial charge in [0.05, 0.1) is 11.0 Å². The molecule has 2 heterocycles. The molecular formula is C13H21N5O3. The van der Waals surface area contributed by atoms with Gasteiger partial charge in [0, 0.05) is 25.6 Å². The summed E-state index contributed by atoms with van der Waals surface area (Å²) in [5, 5.41) is 17.2. The Kier molecular flexibility index (Phi) is 5.26. The minimum absolute atomic E-state index is 0.105. The van der Waals surface area contributed by atoms with Crippen LogP contribution in [0.25, 0.3) is 0 Å². The lowest BCUT2D eigenvalue weighted by Crippen LogP contribution is -2.23. The Labute approximate surface area is 123 Å². The normalized spacial score (nSPS) is 21.2. The molecule has 1 fully saturated rings. The van der Waals surface area contributed by atoms with Gasteiger partial charge in [-0.15, -0.1) is 0 Å². The van der Waals surface area contributed by atoms with Crippen LogP contribution in [0.2, 0.25) is 0 Å². The highest BCUT2D eigenvalue weighted by molar-refractivity contribution is 5.69. The van der Waals surface area contributed by atoms with Crippen LogP contribution >= 0.6 is 0 Å². The number of nitro groups is 1. The van der Waals surface area contributed by atoms with Crippen LogP contribution in [0, 0.1) is 16.0 Å². The molecule has 0 saturated carbocycles. The van der Waals surface area contributed by atoms with E-state index in [1.807, 2.05) is 6.92 Å². The zero-order valence-corrected chi connectivity index (χ0v) is 12.3. The Bertz CT molecular complexity index is 497. The van der Waals surface area contributed by atoms with E-state index in [1.165, 1.54) is 6.33 Å². The summed E-state index contributed by atoms with van der Waals surface area (Å²) >= 11 is 0. The smallest absolute Gasteiger partial charge is 0.353 e. The van der Waals surface area contributed by atoms with Gasteiger partial charge in [-0.3, -0.25) is 10.1 Å². The summed E-state index contributed by atoms with van der Waals surface area (Å²) in [6.45, 7) is 5.87. The maximum absolute atomic E-state index is 11.3. The van der Waals surface area contributed by atoms with E-state index in [9.17, 15) is 10.1 Å². The van der Waals surface area contributed by atoms with Crippen molar-refractivity contribution in [3.63, 3.8) is 0 Å². The van der Waals surface area contributed by atoms with Crippen molar-refractivity contribution in [3.05, 3.63) is 16.4 Å². The summed E-state index contributed by atoms with van der Waals surface area (Å²) in [6, 6.07) is 0. The molecule has 2 atom stereocenters. The van der Waals surface area contributed by atoms with Crippen molar-refractivity contribution in [1.29, 1.82) is 0 Å². The second kappa shape index (κ2) is 7.16. The largest absolute Gasteiger partial charge is 0.378 e. The Hall–Kier alpha value is -1.96. The number of nitrogens with zero attached hydrogens (tertiary/aromatic N) is 3. The van der Waals surface area contributed by atoms with Crippen molar-refractivity contribution in [2.24, 2.45) is 5.92 Å². The van der Waals surface area contributed by atoms with Crippen LogP contribution in [-0.2, 0) is 4.74 Å². The number of rotatable bonds is 7. The fourth-order valence-electron chi connectivity index (χ4n) is 2.58. The molecule has 8 nitrogen and oxygen atoms in total. The summed E-state index contributed by atoms with van der Waals surface area (Å²) in [6.07, 6.45) is 3.45. The van der Waals surface area contributed by atoms with Gasteiger partial charge < -0.3 is 15.4 Å². The quantitative estimate of drug-likeness (QED) is 0.586. The van der Waals surface area contributed by atoms with Crippen molar-refractivity contribution >= 4 is 17.3 Å². The van der Waals surface area contributed by atoms with Crippen molar-refractivity contribution in [2.75, 3.05) is 30.3 Å². The van der Waals surface area contributed by atoms with E-state index >= 15 is 0 Å². The molecule has 0 aromatic carbocycles. The van der Waals surface area contributed by atoms with Gasteiger partial charge in [-0.1, -0.05) is 6.92 Å². The first-order chi connectivity index (χ1) is 10.2. The summed E-state index contributed by atoms with van der Waals surface area (Å²) in [7, 11) is 0. The van der Waals surface area contributed by atoms with Crippen molar-refractivity contribution in [2.45, 2.75) is 32.8 Å². The van der Waals surface area contributed by atoms with E-state index in [0.717, 1.165) is 19.4 Å². The van der Waals surface area contributed by atoms with E-state index in [0.29, 0.717) is 19.0 Å². The van der Waals surface area contributed by atoms with E-state index in [-0.39, 0.29) is 23.4 Å². The lowest BCUT2D eigenvalue weighted by molar-refractivity contribution is -0.383. The van der Waals surface area contributed by atoms with Gasteiger partial charge in [-0.2, -0.15) is 0 Å². The maximum Gasteiger partial charge on any atom is 0.353 e. The van der Waals surface area contributed by atoms with Gasteiger partial charge in [-0.05, 0) is 19.8 Å². The number of nitrogens with one attached hydrogen (secondary N) is 2. The predicted octanol–water partition coefficient (Wildman–Crippen LogP) is 2.04. The van der Waals surface area contributed by atoms with Crippen molar-refractivity contribution in [1.82, 2.24) is 9.97 Å². The molecule has 0 radical (unpaired) electrons. The molecule has 0 spiro atoms. The molecular weight excluding hydrogens is 274 g/mol. The fraction of sp³-hybridized carbons (Fsp3) is 0.692. The number of hydrogen-bond acceptors (Lipinski definition) is 7. The molecule has 2 unspecified atom stereocenters. The Morgan fingerprint density at radius 3 is 2.71 bits per heavy atom. The molecule has 116 valence electrons. The first kappa shape index (κ1) is 15.4. The molecule has 2 N–H and O–H groups in total. The van der Waals surface area contributed by atoms with Crippen LogP contribution in [0.4, 0.5) is 17.3 Å². The van der Waals surface area contributed by atoms with Crippen LogP contribution < -0.4 is 10.6 Å². The molecule has 1 saturated heterocycles. The zero-order chi connectivity index (χ0) is 15.2. The average molecular weight is 295 g/mol. The highest BCUT2D eigenvalue weighted by atomic mass is 16.6. The summed E-state index contributed by atoms with van der Waals surface area (Å²) in [5.74, 6) is 0.856. The molecule has 21 heavy (non-hydrogen) atoms. The molecule has 2 rings (SSSR count). The minimum Gasteiger partial charge on any atom is -0.378 e. The third-order valence-electron chi connectivity index (χ3n) is 3.63. The second-order valence-corrected chi connectivity index (χ2v) is 4.95. The second-order valence-electron chi connectivity index (χ2n) is 4.95. The number of anilines is 2. The molecule has 1 aliphatic heterocycles. The minimum atomic E-state index is -0.456. The summed E-state index contributed by atoms with van der Waals surface area (Å²) in [5.41, 5.74) is -0.105. The molecule has 0 bridgehead atoms. The van der Waals surface area contributed by atoms with Gasteiger partial charge >= 0.3 is 5.69 Å². The van der Waals surface area contributed by atoms with Crippen LogP contribution in [0.3, 0.4) is 0 Å². The monoisotopic (exact) mass is 295 g/mol. The van der Waals surface area contributed by atoms with E-state index in [1.54, 1.807) is 0 Å². The molecule has 8 heteroatoms. The third kappa shape index (κ3) is 3.57. The van der Waals surface area contributed by atoms with Crippen LogP contribution in [0.15, 0.2) is 6.33 Å². The third-order valence-corrected chi connectivity index (χ3v) is 3.63. The summed E-state index contributed by atoms with van der Waals surface area (Å²) < 4.78 is 5.62. The Morgan fingerprint density at radius 2 is 2.10 bits per heavy atom. The van der Waals surface area contributed by atoms with Crippen LogP contribution in [0.5, 0.6) is 0 Å². The van der Waals surface area contributed by atoms with Crippen molar-refractivity contribution < 1.29 is 9.66 Å². The van der Waals surface area contributed by atoms with E-state index < -0.39 is 4.92 Å². The van der Waals surface area contributed by atoms with Crippen LogP contribution in [0.1, 0.15) is 26.7 Å². The SMILES string of the molecule is CCNc1ncnc(NCC2CCOC2CC)c1[N+](=O)[O-]. The molecule has 1 aromatic rings. The fourth-order valence-corrected chi connectivity index (χ4v) is 2.58. The van der Waals surface area contributed by atoms with E-state index in [2.05, 4.69) is 27.5 Å². The van der Waals surface area contributed by atoms with Crippen molar-refractivity contribution in [3.8, 4) is 0 Å². The molecule has 1 aromatic heterocycles. The van der Waals surface area contributed by atoms with Gasteiger partial charge in [0.25, 0.3) is 0 Å². The first-order valence-electron chi connectivity index (χ1n) is 7.26. The Morgan fingerprint density at radius 1 is 1.38 bits per heavy atom. The Balaban J connectivity index is 2.12. The molecule has 0 amide bonds. The van der Waals surface area contributed by atoms with Crippen LogP contribution in [-0.4, -0.2) is 40.7 Å². The molecule has 1 aliphatic rings. The summed E-state index contributed by atoms with van der Waals surface area (Å²) in [4.78, 5) is 18.7. The topological polar surface area (TPSA) is 102 Å². The lowest BCUT2D eigenvalue weighted by atomic mass is 10.00. The van der Waals surface area contributed by atoms with Gasteiger partial charge in [0.15, 0.2) is 0 Å². The highest BCUT2D eigenvalue weighted by Crippen LogP contribution is 2.30. The van der Waals surface area contributed by atoms with Gasteiger partial charge in [0.1, 0.15) is 6.33 Å². The zero-order valence-electron chi connectivity index (χ0n) is 12.3. The maximum atomic E-state index is 11.3. The van der Waals surface area contributed by atoms with Gasteiger partial charge in [0.2, 0.25) is 11.6 Å². The van der Waals surface area contributed by atoms with Gasteiger partial charge in [-0.25, -0.2) is 9.97 Å². The lowest BCUT2D eigenvalue weighted by Gasteiger charge is -2.17. The predicted molar refractivity (Wildman–Crippen MR) is 79.5 cm³/mol. The number of ether oxygens (including phenoxy) is 1. The first-order valence-corrected chi connectivity index (χ1v) is 7.26. The molecule has 0 aliphatic carbocycles. The number of aromatic nitrogens is 2. The standard InChI is InChI=1S/C13H21N5O3/c1-3-10-9(5-6-21-10)7-15-13-11(18(19)20)12(14-4-2)16-8-17-13/h8-10H,3-7H2,1-2H3,(H2,14,15,16,17). The van der Waals surface area contributed by atoms with E-state index in [4.69, 9.17) is 4.74 Å². The number of hydrogen-bond donors (Lipinski definition) is 2.